The number of hydrogen-bond donors (Lipinski definition) is 1. The summed E-state index contributed by atoms with van der Waals surface area (Å²) in [7, 11) is 0. The third-order valence-electron chi connectivity index (χ3n) is 4.63. The van der Waals surface area contributed by atoms with Crippen LogP contribution < -0.4 is 4.90 Å². The number of halogens is 1. The van der Waals surface area contributed by atoms with E-state index in [0.717, 1.165) is 54.2 Å². The molecule has 23 heavy (non-hydrogen) atoms. The van der Waals surface area contributed by atoms with Crippen LogP contribution in [-0.2, 0) is 6.42 Å². The molecule has 1 unspecified atom stereocenters. The smallest absolute Gasteiger partial charge is 0.125 e. The van der Waals surface area contributed by atoms with Gasteiger partial charge in [-0.25, -0.2) is 4.39 Å². The maximum absolute atomic E-state index is 13.3. The van der Waals surface area contributed by atoms with Crippen molar-refractivity contribution in [1.29, 1.82) is 0 Å². The van der Waals surface area contributed by atoms with E-state index in [1.807, 2.05) is 6.07 Å². The van der Waals surface area contributed by atoms with E-state index in [4.69, 9.17) is 0 Å². The highest BCUT2D eigenvalue weighted by Gasteiger charge is 2.22. The Balaban J connectivity index is 1.54. The van der Waals surface area contributed by atoms with Gasteiger partial charge in [0.1, 0.15) is 5.82 Å². The van der Waals surface area contributed by atoms with Crippen molar-refractivity contribution in [3.63, 3.8) is 0 Å². The van der Waals surface area contributed by atoms with E-state index in [2.05, 4.69) is 22.0 Å². The van der Waals surface area contributed by atoms with Gasteiger partial charge in [-0.1, -0.05) is 6.07 Å². The average molecular weight is 330 g/mol. The second kappa shape index (κ2) is 6.06. The van der Waals surface area contributed by atoms with Crippen LogP contribution in [0.15, 0.2) is 35.3 Å². The van der Waals surface area contributed by atoms with Gasteiger partial charge in [0, 0.05) is 26.1 Å². The van der Waals surface area contributed by atoms with Crippen LogP contribution in [0.1, 0.15) is 23.3 Å². The van der Waals surface area contributed by atoms with Crippen LogP contribution >= 0.6 is 11.3 Å². The molecule has 1 N–H and O–H groups in total. The van der Waals surface area contributed by atoms with Crippen molar-refractivity contribution in [1.82, 2.24) is 0 Å². The fourth-order valence-electron chi connectivity index (χ4n) is 3.37. The number of fused-ring (bicyclic) bond motifs is 1. The lowest BCUT2D eigenvalue weighted by Crippen LogP contribution is -2.36. The van der Waals surface area contributed by atoms with Gasteiger partial charge >= 0.3 is 0 Å². The molecule has 3 heterocycles. The molecular weight excluding hydrogens is 311 g/mol. The van der Waals surface area contributed by atoms with E-state index in [0.29, 0.717) is 5.92 Å². The summed E-state index contributed by atoms with van der Waals surface area (Å²) in [6, 6.07) is 9.09. The second-order valence-corrected chi connectivity index (χ2v) is 7.35. The largest absolute Gasteiger partial charge is 0.396 e. The first-order chi connectivity index (χ1) is 11.2. The lowest BCUT2D eigenvalue weighted by Gasteiger charge is -2.32. The SMILES string of the molecule is OCC1CCCN(c2ccc(C3=Nc4cc(F)ccc4C3)s2)C1. The average Bonchev–Trinajstić information content (AvgIpc) is 3.21. The number of aliphatic hydroxyl groups excluding tert-OH is 1. The van der Waals surface area contributed by atoms with E-state index in [1.54, 1.807) is 11.3 Å². The van der Waals surface area contributed by atoms with E-state index >= 15 is 0 Å². The van der Waals surface area contributed by atoms with Crippen LogP contribution in [0.4, 0.5) is 15.1 Å². The van der Waals surface area contributed by atoms with Crippen LogP contribution in [0, 0.1) is 11.7 Å². The van der Waals surface area contributed by atoms with Crippen molar-refractivity contribution in [3.05, 3.63) is 46.6 Å². The molecule has 1 aromatic carbocycles. The molecule has 2 aromatic rings. The number of piperidine rings is 1. The zero-order chi connectivity index (χ0) is 15.8. The van der Waals surface area contributed by atoms with Gasteiger partial charge in [0.05, 0.1) is 21.3 Å². The highest BCUT2D eigenvalue weighted by molar-refractivity contribution is 7.18. The molecule has 3 nitrogen and oxygen atoms in total. The number of benzene rings is 1. The van der Waals surface area contributed by atoms with Crippen LogP contribution in [0.3, 0.4) is 0 Å². The topological polar surface area (TPSA) is 35.8 Å². The van der Waals surface area contributed by atoms with Gasteiger partial charge in [0.2, 0.25) is 0 Å². The Morgan fingerprint density at radius 1 is 1.30 bits per heavy atom. The predicted molar refractivity (Wildman–Crippen MR) is 92.6 cm³/mol. The van der Waals surface area contributed by atoms with E-state index < -0.39 is 0 Å². The van der Waals surface area contributed by atoms with E-state index in [-0.39, 0.29) is 12.4 Å². The van der Waals surface area contributed by atoms with Crippen LogP contribution in [0.5, 0.6) is 0 Å². The zero-order valence-corrected chi connectivity index (χ0v) is 13.7. The Morgan fingerprint density at radius 2 is 2.22 bits per heavy atom. The molecule has 1 fully saturated rings. The number of aliphatic imine (C=N–C) groups is 1. The Bertz CT molecular complexity index is 755. The monoisotopic (exact) mass is 330 g/mol. The summed E-state index contributed by atoms with van der Waals surface area (Å²) in [6.07, 6.45) is 3.01. The molecule has 1 saturated heterocycles. The lowest BCUT2D eigenvalue weighted by atomic mass is 9.99. The zero-order valence-electron chi connectivity index (χ0n) is 12.8. The summed E-state index contributed by atoms with van der Waals surface area (Å²) in [5.74, 6) is 0.148. The first-order valence-corrected chi connectivity index (χ1v) is 8.86. The highest BCUT2D eigenvalue weighted by atomic mass is 32.1. The van der Waals surface area contributed by atoms with E-state index in [9.17, 15) is 9.50 Å². The Hall–Kier alpha value is -1.72. The third-order valence-corrected chi connectivity index (χ3v) is 5.82. The number of rotatable bonds is 3. The van der Waals surface area contributed by atoms with Crippen LogP contribution in [-0.4, -0.2) is 30.5 Å². The molecule has 0 aliphatic carbocycles. The minimum absolute atomic E-state index is 0.232. The molecule has 2 aliphatic rings. The van der Waals surface area contributed by atoms with Crippen molar-refractivity contribution in [2.24, 2.45) is 10.9 Å². The number of aliphatic hydroxyl groups is 1. The molecule has 0 bridgehead atoms. The Morgan fingerprint density at radius 3 is 3.09 bits per heavy atom. The summed E-state index contributed by atoms with van der Waals surface area (Å²) in [4.78, 5) is 8.12. The summed E-state index contributed by atoms with van der Waals surface area (Å²) in [5.41, 5.74) is 2.88. The number of hydrogen-bond acceptors (Lipinski definition) is 4. The van der Waals surface area contributed by atoms with Crippen LogP contribution in [0.25, 0.3) is 0 Å². The predicted octanol–water partition coefficient (Wildman–Crippen LogP) is 3.77. The standard InChI is InChI=1S/C18H19FN2OS/c19-14-4-3-13-8-16(20-15(13)9-14)17-5-6-18(23-17)21-7-1-2-12(10-21)11-22/h3-6,9,12,22H,1-2,7-8,10-11H2. The third kappa shape index (κ3) is 2.91. The lowest BCUT2D eigenvalue weighted by molar-refractivity contribution is 0.209. The molecule has 4 rings (SSSR count). The molecule has 0 spiro atoms. The summed E-state index contributed by atoms with van der Waals surface area (Å²) >= 11 is 1.74. The molecule has 1 aromatic heterocycles. The van der Waals surface area contributed by atoms with Crippen molar-refractivity contribution in [3.8, 4) is 0 Å². The quantitative estimate of drug-likeness (QED) is 0.930. The fourth-order valence-corrected chi connectivity index (χ4v) is 4.39. The van der Waals surface area contributed by atoms with Gasteiger partial charge in [-0.3, -0.25) is 4.99 Å². The van der Waals surface area contributed by atoms with Gasteiger partial charge in [-0.2, -0.15) is 0 Å². The van der Waals surface area contributed by atoms with Crippen molar-refractivity contribution < 1.29 is 9.50 Å². The van der Waals surface area contributed by atoms with Gasteiger partial charge in [-0.05, 0) is 48.6 Å². The maximum Gasteiger partial charge on any atom is 0.125 e. The minimum Gasteiger partial charge on any atom is -0.396 e. The summed E-state index contributed by atoms with van der Waals surface area (Å²) in [6.45, 7) is 2.24. The Labute approximate surface area is 139 Å². The molecule has 0 amide bonds. The van der Waals surface area contributed by atoms with E-state index in [1.165, 1.54) is 17.1 Å². The van der Waals surface area contributed by atoms with Gasteiger partial charge in [-0.15, -0.1) is 11.3 Å². The summed E-state index contributed by atoms with van der Waals surface area (Å²) in [5, 5.41) is 10.6. The Kier molecular flexibility index (Phi) is 3.91. The first kappa shape index (κ1) is 14.8. The number of anilines is 1. The van der Waals surface area contributed by atoms with Gasteiger partial charge in [0.15, 0.2) is 0 Å². The minimum atomic E-state index is -0.232. The van der Waals surface area contributed by atoms with Crippen molar-refractivity contribution in [2.45, 2.75) is 19.3 Å². The molecule has 120 valence electrons. The number of nitrogens with zero attached hydrogens (tertiary/aromatic N) is 2. The molecule has 5 heteroatoms. The normalized spacial score (nSPS) is 20.5. The number of thiophene rings is 1. The first-order valence-electron chi connectivity index (χ1n) is 8.05. The second-order valence-electron chi connectivity index (χ2n) is 6.28. The summed E-state index contributed by atoms with van der Waals surface area (Å²) < 4.78 is 13.3. The molecular formula is C18H19FN2OS. The fraction of sp³-hybridized carbons (Fsp3) is 0.389. The van der Waals surface area contributed by atoms with Crippen LogP contribution in [0.2, 0.25) is 0 Å². The van der Waals surface area contributed by atoms with Crippen molar-refractivity contribution in [2.75, 3.05) is 24.6 Å². The molecule has 1 atom stereocenters. The maximum atomic E-state index is 13.3. The van der Waals surface area contributed by atoms with Gasteiger partial charge < -0.3 is 10.0 Å². The highest BCUT2D eigenvalue weighted by Crippen LogP contribution is 2.35. The van der Waals surface area contributed by atoms with Gasteiger partial charge in [0.25, 0.3) is 0 Å². The molecule has 0 saturated carbocycles. The van der Waals surface area contributed by atoms with Crippen molar-refractivity contribution >= 4 is 27.7 Å². The molecule has 2 aliphatic heterocycles. The molecule has 0 radical (unpaired) electrons.